The maximum Gasteiger partial charge on any atom is 0.158 e. The van der Waals surface area contributed by atoms with Crippen molar-refractivity contribution < 1.29 is 4.74 Å². The summed E-state index contributed by atoms with van der Waals surface area (Å²) in [7, 11) is 1.87. The van der Waals surface area contributed by atoms with Gasteiger partial charge in [-0.25, -0.2) is 9.97 Å². The van der Waals surface area contributed by atoms with E-state index in [0.29, 0.717) is 13.2 Å². The summed E-state index contributed by atoms with van der Waals surface area (Å²) in [5.74, 6) is 3.24. The molecule has 1 aliphatic rings. The molecule has 0 saturated heterocycles. The highest BCUT2D eigenvalue weighted by atomic mass is 16.5. The lowest BCUT2D eigenvalue weighted by Crippen LogP contribution is -2.13. The Kier molecular flexibility index (Phi) is 5.39. The van der Waals surface area contributed by atoms with Crippen LogP contribution < -0.4 is 10.6 Å². The highest BCUT2D eigenvalue weighted by Crippen LogP contribution is 2.25. The lowest BCUT2D eigenvalue weighted by atomic mass is 10.1. The second kappa shape index (κ2) is 7.28. The van der Waals surface area contributed by atoms with Gasteiger partial charge in [0.1, 0.15) is 18.2 Å². The van der Waals surface area contributed by atoms with Crippen LogP contribution in [0.3, 0.4) is 0 Å². The fourth-order valence-corrected chi connectivity index (χ4v) is 2.44. The van der Waals surface area contributed by atoms with Crippen molar-refractivity contribution in [2.75, 3.05) is 30.8 Å². The first-order valence-corrected chi connectivity index (χ1v) is 7.19. The fourth-order valence-electron chi connectivity index (χ4n) is 2.44. The molecule has 1 saturated carbocycles. The van der Waals surface area contributed by atoms with Crippen molar-refractivity contribution in [1.82, 2.24) is 9.97 Å². The molecule has 1 aromatic rings. The number of nitrogens with one attached hydrogen (secondary N) is 2. The maximum absolute atomic E-state index is 5.37. The summed E-state index contributed by atoms with van der Waals surface area (Å²) < 4.78 is 5.37. The van der Waals surface area contributed by atoms with Crippen LogP contribution in [0.15, 0.2) is 6.07 Å². The molecule has 19 heavy (non-hydrogen) atoms. The summed E-state index contributed by atoms with van der Waals surface area (Å²) >= 11 is 0. The molecule has 0 amide bonds. The van der Waals surface area contributed by atoms with E-state index < -0.39 is 0 Å². The third-order valence-corrected chi connectivity index (χ3v) is 3.51. The number of aromatic nitrogens is 2. The summed E-state index contributed by atoms with van der Waals surface area (Å²) in [6, 6.07) is 1.95. The van der Waals surface area contributed by atoms with Crippen LogP contribution in [-0.4, -0.2) is 30.2 Å². The van der Waals surface area contributed by atoms with Crippen molar-refractivity contribution >= 4 is 11.6 Å². The van der Waals surface area contributed by atoms with E-state index >= 15 is 0 Å². The molecule has 0 aromatic carbocycles. The Hall–Kier alpha value is -1.36. The van der Waals surface area contributed by atoms with Crippen LogP contribution in [0, 0.1) is 5.92 Å². The van der Waals surface area contributed by atoms with Crippen LogP contribution in [0.4, 0.5) is 11.6 Å². The zero-order valence-corrected chi connectivity index (χ0v) is 11.9. The van der Waals surface area contributed by atoms with Crippen molar-refractivity contribution in [2.24, 2.45) is 5.92 Å². The number of ether oxygens (including phenoxy) is 1. The summed E-state index contributed by atoms with van der Waals surface area (Å²) in [5, 5.41) is 6.50. The molecule has 2 rings (SSSR count). The molecule has 0 radical (unpaired) electrons. The van der Waals surface area contributed by atoms with Crippen LogP contribution in [0.1, 0.15) is 38.4 Å². The molecular formula is C14H24N4O. The highest BCUT2D eigenvalue weighted by Gasteiger charge is 2.15. The fraction of sp³-hybridized carbons (Fsp3) is 0.714. The lowest BCUT2D eigenvalue weighted by molar-refractivity contribution is 0.128. The standard InChI is InChI=1S/C14H24N4O/c1-3-19-10-14-17-12(15-2)8-13(18-14)16-9-11-6-4-5-7-11/h8,11H,3-7,9-10H2,1-2H3,(H2,15,16,17,18). The first kappa shape index (κ1) is 14.1. The van der Waals surface area contributed by atoms with Crippen molar-refractivity contribution in [1.29, 1.82) is 0 Å². The van der Waals surface area contributed by atoms with Crippen molar-refractivity contribution in [3.63, 3.8) is 0 Å². The van der Waals surface area contributed by atoms with Gasteiger partial charge in [0.2, 0.25) is 0 Å². The summed E-state index contributed by atoms with van der Waals surface area (Å²) in [6.07, 6.45) is 5.41. The van der Waals surface area contributed by atoms with Crippen molar-refractivity contribution in [3.05, 3.63) is 11.9 Å². The predicted octanol–water partition coefficient (Wildman–Crippen LogP) is 2.66. The Labute approximate surface area is 115 Å². The summed E-state index contributed by atoms with van der Waals surface area (Å²) in [6.45, 7) is 4.12. The van der Waals surface area contributed by atoms with Crippen LogP contribution >= 0.6 is 0 Å². The quantitative estimate of drug-likeness (QED) is 0.793. The third-order valence-electron chi connectivity index (χ3n) is 3.51. The summed E-state index contributed by atoms with van der Waals surface area (Å²) in [4.78, 5) is 8.87. The normalized spacial score (nSPS) is 15.7. The van der Waals surface area contributed by atoms with E-state index in [9.17, 15) is 0 Å². The van der Waals surface area contributed by atoms with Gasteiger partial charge in [-0.3, -0.25) is 0 Å². The molecule has 5 heteroatoms. The van der Waals surface area contributed by atoms with Gasteiger partial charge in [-0.2, -0.15) is 0 Å². The zero-order valence-electron chi connectivity index (χ0n) is 11.9. The molecule has 0 unspecified atom stereocenters. The average molecular weight is 264 g/mol. The number of anilines is 2. The van der Waals surface area contributed by atoms with Gasteiger partial charge in [-0.15, -0.1) is 0 Å². The molecule has 0 spiro atoms. The van der Waals surface area contributed by atoms with Crippen molar-refractivity contribution in [3.8, 4) is 0 Å². The predicted molar refractivity (Wildman–Crippen MR) is 77.4 cm³/mol. The number of hydrogen-bond acceptors (Lipinski definition) is 5. The Balaban J connectivity index is 1.96. The van der Waals surface area contributed by atoms with E-state index in [-0.39, 0.29) is 0 Å². The molecule has 2 N–H and O–H groups in total. The molecule has 1 aromatic heterocycles. The van der Waals surface area contributed by atoms with Gasteiger partial charge in [0.05, 0.1) is 0 Å². The highest BCUT2D eigenvalue weighted by molar-refractivity contribution is 5.47. The van der Waals surface area contributed by atoms with E-state index in [2.05, 4.69) is 20.6 Å². The van der Waals surface area contributed by atoms with E-state index in [1.54, 1.807) is 0 Å². The minimum atomic E-state index is 0.462. The Morgan fingerprint density at radius 2 is 2.00 bits per heavy atom. The van der Waals surface area contributed by atoms with E-state index in [1.807, 2.05) is 20.0 Å². The third kappa shape index (κ3) is 4.35. The molecule has 1 fully saturated rings. The second-order valence-corrected chi connectivity index (χ2v) is 4.97. The molecule has 0 aliphatic heterocycles. The molecule has 0 atom stereocenters. The van der Waals surface area contributed by atoms with E-state index in [4.69, 9.17) is 4.74 Å². The SMILES string of the molecule is CCOCc1nc(NC)cc(NCC2CCCC2)n1. The van der Waals surface area contributed by atoms with E-state index in [1.165, 1.54) is 25.7 Å². The van der Waals surface area contributed by atoms with Gasteiger partial charge >= 0.3 is 0 Å². The van der Waals surface area contributed by atoms with Gasteiger partial charge in [-0.1, -0.05) is 12.8 Å². The van der Waals surface area contributed by atoms with Gasteiger partial charge in [0.25, 0.3) is 0 Å². The van der Waals surface area contributed by atoms with Crippen LogP contribution in [0.2, 0.25) is 0 Å². The Morgan fingerprint density at radius 1 is 1.26 bits per heavy atom. The van der Waals surface area contributed by atoms with Gasteiger partial charge < -0.3 is 15.4 Å². The summed E-state index contributed by atoms with van der Waals surface area (Å²) in [5.41, 5.74) is 0. The van der Waals surface area contributed by atoms with Crippen molar-refractivity contribution in [2.45, 2.75) is 39.2 Å². The topological polar surface area (TPSA) is 59.1 Å². The van der Waals surface area contributed by atoms with Gasteiger partial charge in [0, 0.05) is 26.3 Å². The molecule has 106 valence electrons. The minimum Gasteiger partial charge on any atom is -0.374 e. The molecule has 1 heterocycles. The number of rotatable bonds is 7. The zero-order chi connectivity index (χ0) is 13.5. The first-order chi connectivity index (χ1) is 9.31. The van der Waals surface area contributed by atoms with Gasteiger partial charge in [-0.05, 0) is 25.7 Å². The first-order valence-electron chi connectivity index (χ1n) is 7.19. The molecule has 0 bridgehead atoms. The van der Waals surface area contributed by atoms with Crippen LogP contribution in [0.5, 0.6) is 0 Å². The van der Waals surface area contributed by atoms with Crippen LogP contribution in [-0.2, 0) is 11.3 Å². The second-order valence-electron chi connectivity index (χ2n) is 4.97. The average Bonchev–Trinajstić information content (AvgIpc) is 2.96. The van der Waals surface area contributed by atoms with Gasteiger partial charge in [0.15, 0.2) is 5.82 Å². The largest absolute Gasteiger partial charge is 0.374 e. The molecule has 5 nitrogen and oxygen atoms in total. The molecular weight excluding hydrogens is 240 g/mol. The Morgan fingerprint density at radius 3 is 2.68 bits per heavy atom. The van der Waals surface area contributed by atoms with E-state index in [0.717, 1.165) is 29.9 Å². The monoisotopic (exact) mass is 264 g/mol. The van der Waals surface area contributed by atoms with Crippen LogP contribution in [0.25, 0.3) is 0 Å². The lowest BCUT2D eigenvalue weighted by Gasteiger charge is -2.13. The minimum absolute atomic E-state index is 0.462. The number of nitrogens with zero attached hydrogens (tertiary/aromatic N) is 2. The smallest absolute Gasteiger partial charge is 0.158 e. The maximum atomic E-state index is 5.37. The number of hydrogen-bond donors (Lipinski definition) is 2. The Bertz CT molecular complexity index is 391. The molecule has 1 aliphatic carbocycles.